The second kappa shape index (κ2) is 13.6. The number of aliphatic hydroxyl groups is 1. The Kier molecular flexibility index (Phi) is 12.5. The topological polar surface area (TPSA) is 214 Å². The summed E-state index contributed by atoms with van der Waals surface area (Å²) in [5.41, 5.74) is 10.8. The number of aliphatic carboxylic acids is 1. The van der Waals surface area contributed by atoms with Crippen LogP contribution in [0.3, 0.4) is 0 Å². The third-order valence-electron chi connectivity index (χ3n) is 4.67. The van der Waals surface area contributed by atoms with Gasteiger partial charge in [0.1, 0.15) is 12.1 Å². The van der Waals surface area contributed by atoms with E-state index in [1.807, 2.05) is 13.8 Å². The summed E-state index contributed by atoms with van der Waals surface area (Å²) in [6, 6.07) is -4.71. The third-order valence-corrected chi connectivity index (χ3v) is 4.67. The number of aliphatic hydroxyl groups excluding tert-OH is 1. The van der Waals surface area contributed by atoms with Crippen molar-refractivity contribution in [1.29, 1.82) is 0 Å². The average Bonchev–Trinajstić information content (AvgIpc) is 2.65. The zero-order valence-electron chi connectivity index (χ0n) is 19.3. The van der Waals surface area contributed by atoms with Gasteiger partial charge in [-0.2, -0.15) is 0 Å². The molecule has 0 rings (SSSR count). The average molecular weight is 460 g/mol. The van der Waals surface area contributed by atoms with Crippen LogP contribution in [0.2, 0.25) is 0 Å². The molecule has 0 spiro atoms. The molecule has 0 aliphatic rings. The highest BCUT2D eigenvalue weighted by Crippen LogP contribution is 2.09. The largest absolute Gasteiger partial charge is 0.480 e. The Morgan fingerprint density at radius 1 is 0.844 bits per heavy atom. The molecule has 0 aliphatic carbocycles. The highest BCUT2D eigenvalue weighted by Gasteiger charge is 2.33. The number of nitrogens with one attached hydrogen (secondary N) is 3. The van der Waals surface area contributed by atoms with Crippen molar-refractivity contribution in [2.45, 2.75) is 84.2 Å². The molecule has 9 N–H and O–H groups in total. The molecule has 0 saturated carbocycles. The fourth-order valence-corrected chi connectivity index (χ4v) is 2.83. The first-order valence-electron chi connectivity index (χ1n) is 10.5. The van der Waals surface area contributed by atoms with Gasteiger partial charge in [0, 0.05) is 6.42 Å². The Bertz CT molecular complexity index is 681. The van der Waals surface area contributed by atoms with Crippen molar-refractivity contribution in [1.82, 2.24) is 16.0 Å². The van der Waals surface area contributed by atoms with Crippen molar-refractivity contribution in [3.63, 3.8) is 0 Å². The van der Waals surface area contributed by atoms with Crippen molar-refractivity contribution in [2.24, 2.45) is 23.3 Å². The van der Waals surface area contributed by atoms with Crippen molar-refractivity contribution in [3.8, 4) is 0 Å². The second-order valence-electron chi connectivity index (χ2n) is 8.60. The molecule has 0 aromatic heterocycles. The monoisotopic (exact) mass is 459 g/mol. The third kappa shape index (κ3) is 10.5. The van der Waals surface area contributed by atoms with E-state index in [-0.39, 0.29) is 31.1 Å². The SMILES string of the molecule is CC(C)CC(NC(=O)C(NC(=O)C(N)CCC(N)=O)C(C)C)C(=O)NC(C(=O)O)C(C)O. The number of carboxylic acids is 1. The smallest absolute Gasteiger partial charge is 0.328 e. The predicted octanol–water partition coefficient (Wildman–Crippen LogP) is -1.80. The van der Waals surface area contributed by atoms with Gasteiger partial charge >= 0.3 is 5.97 Å². The number of hydrogen-bond acceptors (Lipinski definition) is 7. The lowest BCUT2D eigenvalue weighted by molar-refractivity contribution is -0.145. The molecule has 184 valence electrons. The van der Waals surface area contributed by atoms with Gasteiger partial charge < -0.3 is 37.6 Å². The quantitative estimate of drug-likeness (QED) is 0.157. The summed E-state index contributed by atoms with van der Waals surface area (Å²) in [7, 11) is 0. The molecular formula is C20H37N5O7. The zero-order chi connectivity index (χ0) is 25.2. The Labute approximate surface area is 187 Å². The maximum absolute atomic E-state index is 12.9. The second-order valence-corrected chi connectivity index (χ2v) is 8.60. The lowest BCUT2D eigenvalue weighted by Crippen LogP contribution is -2.59. The fourth-order valence-electron chi connectivity index (χ4n) is 2.83. The standard InChI is InChI=1S/C20H37N5O7/c1-9(2)8-13(18(29)25-16(11(5)26)20(31)32)23-19(30)15(10(3)4)24-17(28)12(21)6-7-14(22)27/h9-13,15-16,26H,6-8,21H2,1-5H3,(H2,22,27)(H,23,30)(H,24,28)(H,25,29)(H,31,32). The Morgan fingerprint density at radius 2 is 1.38 bits per heavy atom. The molecule has 0 fully saturated rings. The number of primary amides is 1. The molecular weight excluding hydrogens is 422 g/mol. The van der Waals surface area contributed by atoms with Gasteiger partial charge in [-0.05, 0) is 31.6 Å². The van der Waals surface area contributed by atoms with Gasteiger partial charge in [0.05, 0.1) is 12.1 Å². The molecule has 4 amide bonds. The molecule has 5 unspecified atom stereocenters. The molecule has 12 nitrogen and oxygen atoms in total. The first kappa shape index (κ1) is 29.3. The molecule has 32 heavy (non-hydrogen) atoms. The van der Waals surface area contributed by atoms with Gasteiger partial charge in [-0.15, -0.1) is 0 Å². The fraction of sp³-hybridized carbons (Fsp3) is 0.750. The summed E-state index contributed by atoms with van der Waals surface area (Å²) < 4.78 is 0. The molecule has 0 bridgehead atoms. The highest BCUT2D eigenvalue weighted by atomic mass is 16.4. The van der Waals surface area contributed by atoms with E-state index in [0.717, 1.165) is 0 Å². The van der Waals surface area contributed by atoms with Crippen LogP contribution >= 0.6 is 0 Å². The Hall–Kier alpha value is -2.73. The van der Waals surface area contributed by atoms with Gasteiger partial charge in [0.2, 0.25) is 23.6 Å². The van der Waals surface area contributed by atoms with Crippen molar-refractivity contribution in [3.05, 3.63) is 0 Å². The van der Waals surface area contributed by atoms with Crippen LogP contribution in [0.4, 0.5) is 0 Å². The maximum atomic E-state index is 12.9. The number of nitrogens with two attached hydrogens (primary N) is 2. The normalized spacial score (nSPS) is 15.9. The summed E-state index contributed by atoms with van der Waals surface area (Å²) in [5, 5.41) is 26.1. The van der Waals surface area contributed by atoms with E-state index < -0.39 is 59.9 Å². The number of carbonyl (C=O) groups excluding carboxylic acids is 4. The van der Waals surface area contributed by atoms with Gasteiger partial charge in [-0.25, -0.2) is 4.79 Å². The van der Waals surface area contributed by atoms with E-state index in [9.17, 15) is 34.2 Å². The van der Waals surface area contributed by atoms with Gasteiger partial charge in [-0.3, -0.25) is 19.2 Å². The van der Waals surface area contributed by atoms with E-state index in [4.69, 9.17) is 11.5 Å². The molecule has 0 radical (unpaired) electrons. The number of amides is 4. The summed E-state index contributed by atoms with van der Waals surface area (Å²) in [6.45, 7) is 8.22. The predicted molar refractivity (Wildman–Crippen MR) is 116 cm³/mol. The maximum Gasteiger partial charge on any atom is 0.328 e. The van der Waals surface area contributed by atoms with Gasteiger partial charge in [0.25, 0.3) is 0 Å². The van der Waals surface area contributed by atoms with Crippen molar-refractivity contribution in [2.75, 3.05) is 0 Å². The van der Waals surface area contributed by atoms with Crippen molar-refractivity contribution < 1.29 is 34.2 Å². The molecule has 12 heteroatoms. The number of carboxylic acid groups (broad SMARTS) is 1. The van der Waals surface area contributed by atoms with Crippen LogP contribution in [0.25, 0.3) is 0 Å². The molecule has 0 aliphatic heterocycles. The Morgan fingerprint density at radius 3 is 1.78 bits per heavy atom. The summed E-state index contributed by atoms with van der Waals surface area (Å²) in [6.07, 6.45) is -1.23. The van der Waals surface area contributed by atoms with Crippen molar-refractivity contribution >= 4 is 29.6 Å². The Balaban J connectivity index is 5.39. The van der Waals surface area contributed by atoms with Gasteiger partial charge in [0.15, 0.2) is 6.04 Å². The molecule has 5 atom stereocenters. The summed E-state index contributed by atoms with van der Waals surface area (Å²) >= 11 is 0. The van der Waals surface area contributed by atoms with Crippen LogP contribution in [-0.4, -0.2) is 70.1 Å². The van der Waals surface area contributed by atoms with Crippen LogP contribution < -0.4 is 27.4 Å². The van der Waals surface area contributed by atoms with Crippen LogP contribution in [0.5, 0.6) is 0 Å². The van der Waals surface area contributed by atoms with Crippen LogP contribution in [0.15, 0.2) is 0 Å². The highest BCUT2D eigenvalue weighted by molar-refractivity contribution is 5.94. The van der Waals surface area contributed by atoms with E-state index in [0.29, 0.717) is 0 Å². The molecule has 0 aromatic rings. The zero-order valence-corrected chi connectivity index (χ0v) is 19.3. The minimum atomic E-state index is -1.54. The number of hydrogen-bond donors (Lipinski definition) is 7. The van der Waals surface area contributed by atoms with E-state index in [1.165, 1.54) is 6.92 Å². The van der Waals surface area contributed by atoms with E-state index >= 15 is 0 Å². The van der Waals surface area contributed by atoms with Crippen LogP contribution in [-0.2, 0) is 24.0 Å². The summed E-state index contributed by atoms with van der Waals surface area (Å²) in [5.74, 6) is -4.49. The molecule has 0 aromatic carbocycles. The molecule has 0 saturated heterocycles. The lowest BCUT2D eigenvalue weighted by Gasteiger charge is -2.28. The first-order chi connectivity index (χ1) is 14.7. The number of carbonyl (C=O) groups is 5. The summed E-state index contributed by atoms with van der Waals surface area (Å²) in [4.78, 5) is 60.0. The minimum Gasteiger partial charge on any atom is -0.480 e. The van der Waals surface area contributed by atoms with Crippen LogP contribution in [0, 0.1) is 11.8 Å². The molecule has 0 heterocycles. The van der Waals surface area contributed by atoms with E-state index in [1.54, 1.807) is 13.8 Å². The lowest BCUT2D eigenvalue weighted by atomic mass is 9.99. The first-order valence-corrected chi connectivity index (χ1v) is 10.5. The van der Waals surface area contributed by atoms with Crippen LogP contribution in [0.1, 0.15) is 53.9 Å². The van der Waals surface area contributed by atoms with Gasteiger partial charge in [-0.1, -0.05) is 27.7 Å². The number of rotatable bonds is 14. The minimum absolute atomic E-state index is 0.0158. The van der Waals surface area contributed by atoms with E-state index in [2.05, 4.69) is 16.0 Å².